The molecule has 0 saturated carbocycles. The van der Waals surface area contributed by atoms with Gasteiger partial charge >= 0.3 is 0 Å². The van der Waals surface area contributed by atoms with E-state index in [1.165, 1.54) is 18.4 Å². The Balaban J connectivity index is 1.38. The molecule has 0 radical (unpaired) electrons. The summed E-state index contributed by atoms with van der Waals surface area (Å²) in [6.07, 6.45) is 8.19. The molecule has 2 aromatic heterocycles. The monoisotopic (exact) mass is 374 g/mol. The van der Waals surface area contributed by atoms with Gasteiger partial charge < -0.3 is 9.30 Å². The first-order chi connectivity index (χ1) is 13.8. The molecule has 3 aromatic rings. The van der Waals surface area contributed by atoms with Crippen molar-refractivity contribution in [3.63, 3.8) is 0 Å². The lowest BCUT2D eigenvalue weighted by molar-refractivity contribution is 0.0291. The summed E-state index contributed by atoms with van der Waals surface area (Å²) in [7, 11) is 0. The average Bonchev–Trinajstić information content (AvgIpc) is 3.45. The van der Waals surface area contributed by atoms with Gasteiger partial charge in [-0.2, -0.15) is 0 Å². The fourth-order valence-electron chi connectivity index (χ4n) is 4.98. The standard InChI is InChI=1S/C23H26N4O/c28-22(21-17-20-9-6-12-26(20)18-24-21)25-15-10-23(11-16-25,27-13-4-5-14-27)19-7-2-1-3-8-19/h1-3,6-9,12,17-18H,4-5,10-11,13-16H2. The summed E-state index contributed by atoms with van der Waals surface area (Å²) in [5.74, 6) is 0.0479. The molecule has 4 heterocycles. The predicted molar refractivity (Wildman–Crippen MR) is 109 cm³/mol. The molecular formula is C23H26N4O. The number of fused-ring (bicyclic) bond motifs is 1. The minimum Gasteiger partial charge on any atom is -0.337 e. The summed E-state index contributed by atoms with van der Waals surface area (Å²) in [5, 5.41) is 0. The van der Waals surface area contributed by atoms with Crippen LogP contribution in [0.25, 0.3) is 5.52 Å². The zero-order valence-corrected chi connectivity index (χ0v) is 16.1. The molecular weight excluding hydrogens is 348 g/mol. The van der Waals surface area contributed by atoms with E-state index in [9.17, 15) is 4.79 Å². The zero-order valence-electron chi connectivity index (χ0n) is 16.1. The smallest absolute Gasteiger partial charge is 0.272 e. The quantitative estimate of drug-likeness (QED) is 0.704. The maximum absolute atomic E-state index is 13.1. The van der Waals surface area contributed by atoms with Crippen molar-refractivity contribution in [2.24, 2.45) is 0 Å². The van der Waals surface area contributed by atoms with E-state index < -0.39 is 0 Å². The van der Waals surface area contributed by atoms with E-state index in [2.05, 4.69) is 40.2 Å². The molecule has 0 spiro atoms. The Kier molecular flexibility index (Phi) is 4.40. The van der Waals surface area contributed by atoms with Crippen LogP contribution in [0.1, 0.15) is 41.7 Å². The van der Waals surface area contributed by atoms with Crippen molar-refractivity contribution in [1.82, 2.24) is 19.2 Å². The molecule has 1 aromatic carbocycles. The second-order valence-electron chi connectivity index (χ2n) is 8.00. The topological polar surface area (TPSA) is 40.9 Å². The predicted octanol–water partition coefficient (Wildman–Crippen LogP) is 3.56. The first-order valence-corrected chi connectivity index (χ1v) is 10.3. The van der Waals surface area contributed by atoms with E-state index in [4.69, 9.17) is 0 Å². The van der Waals surface area contributed by atoms with Crippen LogP contribution >= 0.6 is 0 Å². The summed E-state index contributed by atoms with van der Waals surface area (Å²) < 4.78 is 1.93. The highest BCUT2D eigenvalue weighted by Gasteiger charge is 2.43. The summed E-state index contributed by atoms with van der Waals surface area (Å²) >= 11 is 0. The van der Waals surface area contributed by atoms with Crippen molar-refractivity contribution in [3.8, 4) is 0 Å². The molecule has 5 nitrogen and oxygen atoms in total. The fourth-order valence-corrected chi connectivity index (χ4v) is 4.98. The largest absolute Gasteiger partial charge is 0.337 e. The summed E-state index contributed by atoms with van der Waals surface area (Å²) in [6, 6.07) is 16.8. The van der Waals surface area contributed by atoms with E-state index in [0.717, 1.165) is 44.5 Å². The van der Waals surface area contributed by atoms with E-state index in [-0.39, 0.29) is 11.4 Å². The van der Waals surface area contributed by atoms with Crippen molar-refractivity contribution in [1.29, 1.82) is 0 Å². The van der Waals surface area contributed by atoms with Crippen LogP contribution in [-0.2, 0) is 5.54 Å². The Hall–Kier alpha value is -2.66. The van der Waals surface area contributed by atoms with Crippen LogP contribution in [0.3, 0.4) is 0 Å². The highest BCUT2D eigenvalue weighted by atomic mass is 16.2. The second kappa shape index (κ2) is 7.06. The van der Waals surface area contributed by atoms with Gasteiger partial charge in [0, 0.05) is 30.3 Å². The van der Waals surface area contributed by atoms with Gasteiger partial charge in [0.1, 0.15) is 5.69 Å². The third-order valence-corrected chi connectivity index (χ3v) is 6.54. The molecule has 2 saturated heterocycles. The maximum Gasteiger partial charge on any atom is 0.272 e. The molecule has 144 valence electrons. The van der Waals surface area contributed by atoms with Crippen LogP contribution in [-0.4, -0.2) is 51.3 Å². The van der Waals surface area contributed by atoms with Gasteiger partial charge in [0.05, 0.1) is 6.33 Å². The van der Waals surface area contributed by atoms with E-state index in [0.29, 0.717) is 5.69 Å². The highest BCUT2D eigenvalue weighted by molar-refractivity contribution is 5.93. The lowest BCUT2D eigenvalue weighted by Gasteiger charge is -2.48. The minimum atomic E-state index is 0.0479. The summed E-state index contributed by atoms with van der Waals surface area (Å²) in [4.78, 5) is 22.1. The number of benzene rings is 1. The van der Waals surface area contributed by atoms with Crippen LogP contribution in [0.2, 0.25) is 0 Å². The van der Waals surface area contributed by atoms with Gasteiger partial charge in [-0.1, -0.05) is 30.3 Å². The molecule has 1 amide bonds. The van der Waals surface area contributed by atoms with Crippen LogP contribution in [0.4, 0.5) is 0 Å². The molecule has 5 rings (SSSR count). The van der Waals surface area contributed by atoms with Crippen molar-refractivity contribution >= 4 is 11.4 Å². The van der Waals surface area contributed by atoms with E-state index >= 15 is 0 Å². The number of hydrogen-bond acceptors (Lipinski definition) is 3. The maximum atomic E-state index is 13.1. The third-order valence-electron chi connectivity index (χ3n) is 6.54. The van der Waals surface area contributed by atoms with E-state index in [1.54, 1.807) is 6.33 Å². The lowest BCUT2D eigenvalue weighted by Crippen LogP contribution is -2.53. The van der Waals surface area contributed by atoms with Gasteiger partial charge in [0.15, 0.2) is 0 Å². The van der Waals surface area contributed by atoms with Crippen LogP contribution in [0.15, 0.2) is 61.1 Å². The van der Waals surface area contributed by atoms with Crippen molar-refractivity contribution in [2.75, 3.05) is 26.2 Å². The van der Waals surface area contributed by atoms with Crippen LogP contribution in [0, 0.1) is 0 Å². The highest BCUT2D eigenvalue weighted by Crippen LogP contribution is 2.41. The number of nitrogens with zero attached hydrogens (tertiary/aromatic N) is 4. The summed E-state index contributed by atoms with van der Waals surface area (Å²) in [6.45, 7) is 3.88. The molecule has 0 aliphatic carbocycles. The third kappa shape index (κ3) is 2.90. The van der Waals surface area contributed by atoms with Crippen LogP contribution < -0.4 is 0 Å². The number of likely N-dealkylation sites (tertiary alicyclic amines) is 2. The Bertz CT molecular complexity index is 966. The summed E-state index contributed by atoms with van der Waals surface area (Å²) in [5.41, 5.74) is 3.01. The van der Waals surface area contributed by atoms with Gasteiger partial charge in [-0.15, -0.1) is 0 Å². The van der Waals surface area contributed by atoms with Crippen LogP contribution in [0.5, 0.6) is 0 Å². The molecule has 0 unspecified atom stereocenters. The Labute approximate surface area is 165 Å². The number of hydrogen-bond donors (Lipinski definition) is 0. The van der Waals surface area contributed by atoms with E-state index in [1.807, 2.05) is 33.7 Å². The van der Waals surface area contributed by atoms with Crippen molar-refractivity contribution < 1.29 is 4.79 Å². The van der Waals surface area contributed by atoms with Gasteiger partial charge in [0.25, 0.3) is 5.91 Å². The number of amides is 1. The minimum absolute atomic E-state index is 0.0479. The Morgan fingerprint density at radius 3 is 2.43 bits per heavy atom. The zero-order chi connectivity index (χ0) is 19.0. The average molecular weight is 374 g/mol. The van der Waals surface area contributed by atoms with Crippen molar-refractivity contribution in [3.05, 3.63) is 72.3 Å². The fraction of sp³-hybridized carbons (Fsp3) is 0.391. The van der Waals surface area contributed by atoms with Gasteiger partial charge in [-0.05, 0) is 62.5 Å². The lowest BCUT2D eigenvalue weighted by atomic mass is 9.79. The number of aromatic nitrogens is 2. The Morgan fingerprint density at radius 1 is 0.929 bits per heavy atom. The molecule has 5 heteroatoms. The second-order valence-corrected chi connectivity index (χ2v) is 8.00. The molecule has 2 fully saturated rings. The number of rotatable bonds is 3. The molecule has 0 atom stereocenters. The van der Waals surface area contributed by atoms with Gasteiger partial charge in [0.2, 0.25) is 0 Å². The van der Waals surface area contributed by atoms with Gasteiger partial charge in [-0.3, -0.25) is 9.69 Å². The first-order valence-electron chi connectivity index (χ1n) is 10.3. The molecule has 28 heavy (non-hydrogen) atoms. The number of carbonyl (C=O) groups is 1. The number of piperidine rings is 1. The molecule has 0 bridgehead atoms. The van der Waals surface area contributed by atoms with Gasteiger partial charge in [-0.25, -0.2) is 4.98 Å². The number of carbonyl (C=O) groups excluding carboxylic acids is 1. The molecule has 0 N–H and O–H groups in total. The normalized spacial score (nSPS) is 19.9. The Morgan fingerprint density at radius 2 is 1.68 bits per heavy atom. The van der Waals surface area contributed by atoms with Crippen molar-refractivity contribution in [2.45, 2.75) is 31.2 Å². The molecule has 2 aliphatic heterocycles. The first kappa shape index (κ1) is 17.4. The molecule has 2 aliphatic rings. The SMILES string of the molecule is O=C(c1cc2cccn2cn1)N1CCC(c2ccccc2)(N2CCCC2)CC1.